The minimum absolute atomic E-state index is 0.0198. The molecule has 0 aromatic heterocycles. The number of benzene rings is 2. The number of fused-ring (bicyclic) bond motifs is 3. The standard InChI is InChI=1S/C42H55N3O14S5/c1-27-9-10-28(63(54,55)56)25-32(27)41(2,3)37(43-20-7-23-61(48,49)50)17-12-30-34-15-16-35(44(34)6)31(40(30)60-22-19-39(46)47)13-18-38-42(4,5)33-26-29(64(57,58)59)11-14-36(33)45(38)21-8-24-62(51,52)53/h9-14,17-18,25-26,34-35H,7-8,15-16,19-24H2,1-6H3,(H,46,47)(H,48,49,50)(H,51,52,53)(H,54,55,56)(H,57,58,59)/b17-12+,31-13+,38-18+,43-37+. The predicted molar refractivity (Wildman–Crippen MR) is 247 cm³/mol. The molecule has 0 spiro atoms. The second kappa shape index (κ2) is 19.3. The quantitative estimate of drug-likeness (QED) is 0.0626. The molecule has 3 heterocycles. The lowest BCUT2D eigenvalue weighted by Crippen LogP contribution is -2.39. The Balaban J connectivity index is 1.70. The van der Waals surface area contributed by atoms with Gasteiger partial charge in [0, 0.05) is 63.8 Å². The number of nitrogens with zero attached hydrogens (tertiary/aromatic N) is 3. The number of carboxylic acid groups (broad SMARTS) is 1. The molecule has 0 aliphatic carbocycles. The molecule has 2 unspecified atom stereocenters. The van der Waals surface area contributed by atoms with Crippen LogP contribution in [0.5, 0.6) is 0 Å². The summed E-state index contributed by atoms with van der Waals surface area (Å²) in [6, 6.07) is 8.14. The van der Waals surface area contributed by atoms with Gasteiger partial charge in [0.2, 0.25) is 0 Å². The summed E-state index contributed by atoms with van der Waals surface area (Å²) in [5, 5.41) is 9.65. The summed E-state index contributed by atoms with van der Waals surface area (Å²) in [4.78, 5) is 20.8. The zero-order chi connectivity index (χ0) is 47.8. The number of hydrogen-bond donors (Lipinski definition) is 5. The van der Waals surface area contributed by atoms with Crippen LogP contribution in [0.15, 0.2) is 97.2 Å². The number of aliphatic carboxylic acids is 1. The molecule has 352 valence electrons. The number of anilines is 1. The van der Waals surface area contributed by atoms with Crippen molar-refractivity contribution in [3.63, 3.8) is 0 Å². The Morgan fingerprint density at radius 1 is 0.875 bits per heavy atom. The van der Waals surface area contributed by atoms with Gasteiger partial charge in [0.05, 0.1) is 27.7 Å². The number of aliphatic imine (C=N–C) groups is 1. The first-order valence-corrected chi connectivity index (χ1v) is 27.4. The molecule has 2 bridgehead atoms. The molecule has 3 aliphatic rings. The highest BCUT2D eigenvalue weighted by Crippen LogP contribution is 2.50. The number of rotatable bonds is 19. The minimum atomic E-state index is -4.58. The fourth-order valence-corrected chi connectivity index (χ4v) is 11.9. The Morgan fingerprint density at radius 2 is 1.47 bits per heavy atom. The smallest absolute Gasteiger partial charge is 0.304 e. The first-order chi connectivity index (χ1) is 29.4. The van der Waals surface area contributed by atoms with Gasteiger partial charge in [-0.3, -0.25) is 32.9 Å². The molecule has 2 aromatic carbocycles. The van der Waals surface area contributed by atoms with E-state index in [0.717, 1.165) is 22.5 Å². The van der Waals surface area contributed by atoms with Gasteiger partial charge in [-0.15, -0.1) is 11.8 Å². The Morgan fingerprint density at radius 3 is 2.08 bits per heavy atom. The second-order valence-corrected chi connectivity index (χ2v) is 24.2. The van der Waals surface area contributed by atoms with Crippen LogP contribution >= 0.6 is 11.8 Å². The van der Waals surface area contributed by atoms with E-state index >= 15 is 0 Å². The molecular weight excluding hydrogens is 931 g/mol. The summed E-state index contributed by atoms with van der Waals surface area (Å²) in [6.45, 7) is 9.23. The van der Waals surface area contributed by atoms with E-state index in [2.05, 4.69) is 4.90 Å². The van der Waals surface area contributed by atoms with E-state index in [-0.39, 0.29) is 60.0 Å². The highest BCUT2D eigenvalue weighted by atomic mass is 32.2. The maximum atomic E-state index is 12.2. The Kier molecular flexibility index (Phi) is 15.4. The van der Waals surface area contributed by atoms with E-state index in [1.54, 1.807) is 19.1 Å². The van der Waals surface area contributed by atoms with Gasteiger partial charge in [0.1, 0.15) is 0 Å². The van der Waals surface area contributed by atoms with E-state index in [9.17, 15) is 61.8 Å². The molecule has 5 rings (SSSR count). The van der Waals surface area contributed by atoms with E-state index in [0.29, 0.717) is 40.2 Å². The van der Waals surface area contributed by atoms with Crippen LogP contribution < -0.4 is 4.90 Å². The number of hydrogen-bond acceptors (Lipinski definition) is 13. The fourth-order valence-electron chi connectivity index (χ4n) is 8.72. The maximum absolute atomic E-state index is 12.2. The van der Waals surface area contributed by atoms with E-state index in [1.807, 2.05) is 57.9 Å². The fraction of sp³-hybridized carbons (Fsp3) is 0.476. The van der Waals surface area contributed by atoms with Gasteiger partial charge >= 0.3 is 5.97 Å². The molecule has 0 saturated carbocycles. The van der Waals surface area contributed by atoms with Crippen LogP contribution in [-0.4, -0.2) is 123 Å². The first-order valence-electron chi connectivity index (χ1n) is 20.3. The summed E-state index contributed by atoms with van der Waals surface area (Å²) in [7, 11) is -15.8. The largest absolute Gasteiger partial charge is 0.481 e. The Labute approximate surface area is 380 Å². The monoisotopic (exact) mass is 985 g/mol. The van der Waals surface area contributed by atoms with Crippen molar-refractivity contribution in [3.05, 3.63) is 99.1 Å². The van der Waals surface area contributed by atoms with Crippen molar-refractivity contribution >= 4 is 69.6 Å². The number of allylic oxidation sites excluding steroid dienone is 4. The molecule has 22 heteroatoms. The van der Waals surface area contributed by atoms with Crippen molar-refractivity contribution < 1.29 is 61.8 Å². The lowest BCUT2D eigenvalue weighted by molar-refractivity contribution is -0.136. The van der Waals surface area contributed by atoms with Crippen LogP contribution in [0.3, 0.4) is 0 Å². The SMILES string of the molecule is Cc1ccc(S(=O)(=O)O)cc1C(C)(C)C(/C=C/C1=C(SCCC(=O)O)C(=C/C=C2/N(CCCS(=O)(=O)O)c3ccc(S(=O)(=O)O)cc3C2(C)C)/C2CCC1N2C)=N/CCCS(=O)(=O)O. The lowest BCUT2D eigenvalue weighted by Gasteiger charge is -2.36. The van der Waals surface area contributed by atoms with E-state index in [4.69, 9.17) is 4.99 Å². The van der Waals surface area contributed by atoms with Gasteiger partial charge in [0.15, 0.2) is 0 Å². The van der Waals surface area contributed by atoms with Gasteiger partial charge in [-0.05, 0) is 110 Å². The first kappa shape index (κ1) is 51.3. The second-order valence-electron chi connectivity index (χ2n) is 17.1. The number of aryl methyl sites for hydroxylation is 1. The zero-order valence-electron chi connectivity index (χ0n) is 36.3. The molecule has 17 nitrogen and oxygen atoms in total. The Bertz CT molecular complexity index is 2790. The van der Waals surface area contributed by atoms with Crippen molar-refractivity contribution in [1.29, 1.82) is 0 Å². The van der Waals surface area contributed by atoms with Crippen LogP contribution in [0.2, 0.25) is 0 Å². The molecule has 0 amide bonds. The number of thioether (sulfide) groups is 1. The van der Waals surface area contributed by atoms with Crippen molar-refractivity contribution in [2.24, 2.45) is 4.99 Å². The minimum Gasteiger partial charge on any atom is -0.481 e. The summed E-state index contributed by atoms with van der Waals surface area (Å²) in [5.41, 5.74) is 3.19. The molecule has 64 heavy (non-hydrogen) atoms. The number of carboxylic acids is 1. The molecule has 2 atom stereocenters. The van der Waals surface area contributed by atoms with Crippen LogP contribution in [0.4, 0.5) is 5.69 Å². The van der Waals surface area contributed by atoms with Crippen LogP contribution in [0.25, 0.3) is 0 Å². The van der Waals surface area contributed by atoms with Gasteiger partial charge in [-0.2, -0.15) is 33.7 Å². The maximum Gasteiger partial charge on any atom is 0.304 e. The highest BCUT2D eigenvalue weighted by Gasteiger charge is 2.43. The third-order valence-corrected chi connectivity index (χ3v) is 16.4. The molecule has 5 N–H and O–H groups in total. The zero-order valence-corrected chi connectivity index (χ0v) is 40.4. The third kappa shape index (κ3) is 12.0. The topological polar surface area (TPSA) is 274 Å². The van der Waals surface area contributed by atoms with Gasteiger partial charge in [-0.25, -0.2) is 0 Å². The third-order valence-electron chi connectivity index (χ3n) is 12.0. The van der Waals surface area contributed by atoms with Crippen molar-refractivity contribution in [2.45, 2.75) is 99.4 Å². The van der Waals surface area contributed by atoms with Gasteiger partial charge < -0.3 is 10.0 Å². The Hall–Kier alpha value is -3.71. The molecule has 1 fully saturated rings. The van der Waals surface area contributed by atoms with Gasteiger partial charge in [0.25, 0.3) is 40.5 Å². The highest BCUT2D eigenvalue weighted by molar-refractivity contribution is 8.03. The molecular formula is C42H55N3O14S5. The van der Waals surface area contributed by atoms with Crippen molar-refractivity contribution in [3.8, 4) is 0 Å². The molecule has 1 saturated heterocycles. The van der Waals surface area contributed by atoms with Crippen LogP contribution in [0, 0.1) is 6.92 Å². The average Bonchev–Trinajstić information content (AvgIpc) is 3.56. The van der Waals surface area contributed by atoms with Crippen LogP contribution in [-0.2, 0) is 56.1 Å². The summed E-state index contributed by atoms with van der Waals surface area (Å²) in [5.74, 6) is -1.85. The number of likely N-dealkylation sites (N-methyl/N-ethyl adjacent to an activating group) is 1. The summed E-state index contributed by atoms with van der Waals surface area (Å²) in [6.07, 6.45) is 8.74. The summed E-state index contributed by atoms with van der Waals surface area (Å²) >= 11 is 1.36. The van der Waals surface area contributed by atoms with Gasteiger partial charge in [-0.1, -0.05) is 45.9 Å². The molecule has 0 radical (unpaired) electrons. The predicted octanol–water partition coefficient (Wildman–Crippen LogP) is 5.87. The molecule has 3 aliphatic heterocycles. The van der Waals surface area contributed by atoms with Crippen LogP contribution in [0.1, 0.15) is 76.5 Å². The summed E-state index contributed by atoms with van der Waals surface area (Å²) < 4.78 is 134. The van der Waals surface area contributed by atoms with E-state index in [1.165, 1.54) is 42.1 Å². The van der Waals surface area contributed by atoms with E-state index < -0.39 is 68.8 Å². The van der Waals surface area contributed by atoms with Crippen molar-refractivity contribution in [1.82, 2.24) is 4.90 Å². The lowest BCUT2D eigenvalue weighted by atomic mass is 9.77. The normalized spacial score (nSPS) is 21.2. The average molecular weight is 986 g/mol. The number of carbonyl (C=O) groups is 1. The van der Waals surface area contributed by atoms with Crippen molar-refractivity contribution in [2.75, 3.05) is 42.3 Å². The molecule has 2 aromatic rings.